The van der Waals surface area contributed by atoms with Crippen LogP contribution in [0.2, 0.25) is 0 Å². The summed E-state index contributed by atoms with van der Waals surface area (Å²) in [5.74, 6) is -0.584. The molecule has 0 aromatic heterocycles. The molecule has 17 heavy (non-hydrogen) atoms. The Bertz CT molecular complexity index is 420. The van der Waals surface area contributed by atoms with Gasteiger partial charge in [-0.15, -0.1) is 0 Å². The third kappa shape index (κ3) is 3.53. The van der Waals surface area contributed by atoms with Crippen LogP contribution >= 0.6 is 0 Å². The Kier molecular flexibility index (Phi) is 4.59. The van der Waals surface area contributed by atoms with Gasteiger partial charge in [0.15, 0.2) is 0 Å². The number of hydrogen-bond donors (Lipinski definition) is 2. The minimum Gasteiger partial charge on any atom is -0.396 e. The quantitative estimate of drug-likeness (QED) is 0.590. The predicted octanol–water partition coefficient (Wildman–Crippen LogP) is 0.953. The average molecular weight is 238 g/mol. The van der Waals surface area contributed by atoms with Crippen molar-refractivity contribution in [1.29, 1.82) is 0 Å². The van der Waals surface area contributed by atoms with Crippen LogP contribution in [-0.4, -0.2) is 29.1 Å². The zero-order chi connectivity index (χ0) is 12.8. The van der Waals surface area contributed by atoms with Crippen LogP contribution in [0.1, 0.15) is 17.3 Å². The molecular formula is C11H14N2O4. The fourth-order valence-corrected chi connectivity index (χ4v) is 1.25. The first-order chi connectivity index (χ1) is 8.06. The number of nitro benzene ring substituents is 1. The first-order valence-corrected chi connectivity index (χ1v) is 5.18. The molecule has 1 unspecified atom stereocenters. The van der Waals surface area contributed by atoms with Gasteiger partial charge in [-0.3, -0.25) is 14.9 Å². The molecule has 0 bridgehead atoms. The number of benzene rings is 1. The highest BCUT2D eigenvalue weighted by Crippen LogP contribution is 2.17. The lowest BCUT2D eigenvalue weighted by molar-refractivity contribution is -0.385. The largest absolute Gasteiger partial charge is 0.396 e. The summed E-state index contributed by atoms with van der Waals surface area (Å²) in [6.45, 7) is 2.00. The van der Waals surface area contributed by atoms with Crippen molar-refractivity contribution in [3.8, 4) is 0 Å². The van der Waals surface area contributed by atoms with Crippen molar-refractivity contribution in [2.75, 3.05) is 13.2 Å². The number of para-hydroxylation sites is 1. The zero-order valence-electron chi connectivity index (χ0n) is 9.42. The number of aliphatic hydroxyl groups excluding tert-OH is 1. The number of carbonyl (C=O) groups excluding carboxylic acids is 1. The first-order valence-electron chi connectivity index (χ1n) is 5.18. The molecule has 0 aliphatic carbocycles. The van der Waals surface area contributed by atoms with E-state index in [-0.39, 0.29) is 30.3 Å². The van der Waals surface area contributed by atoms with Crippen molar-refractivity contribution in [1.82, 2.24) is 5.32 Å². The Hall–Kier alpha value is -1.95. The summed E-state index contributed by atoms with van der Waals surface area (Å²) in [5, 5.41) is 22.0. The van der Waals surface area contributed by atoms with E-state index in [1.807, 2.05) is 0 Å². The average Bonchev–Trinajstić information content (AvgIpc) is 2.35. The fourth-order valence-electron chi connectivity index (χ4n) is 1.25. The standard InChI is InChI=1S/C11H14N2O4/c1-8(7-14)6-12-11(15)9-4-2-3-5-10(9)13(16)17/h2-5,8,14H,6-7H2,1H3,(H,12,15). The normalized spacial score (nSPS) is 11.9. The van der Waals surface area contributed by atoms with Crippen molar-refractivity contribution >= 4 is 11.6 Å². The van der Waals surface area contributed by atoms with Crippen molar-refractivity contribution in [3.63, 3.8) is 0 Å². The molecule has 0 radical (unpaired) electrons. The molecule has 1 atom stereocenters. The molecule has 0 fully saturated rings. The minimum absolute atomic E-state index is 0.0302. The van der Waals surface area contributed by atoms with Gasteiger partial charge in [-0.25, -0.2) is 0 Å². The van der Waals surface area contributed by atoms with E-state index in [0.717, 1.165) is 0 Å². The molecule has 6 heteroatoms. The Morgan fingerprint density at radius 1 is 1.53 bits per heavy atom. The summed E-state index contributed by atoms with van der Waals surface area (Å²) in [6.07, 6.45) is 0. The molecule has 2 N–H and O–H groups in total. The van der Waals surface area contributed by atoms with Crippen LogP contribution in [0, 0.1) is 16.0 Å². The number of nitrogens with zero attached hydrogens (tertiary/aromatic N) is 1. The van der Waals surface area contributed by atoms with Gasteiger partial charge in [0.25, 0.3) is 11.6 Å². The van der Waals surface area contributed by atoms with Gasteiger partial charge >= 0.3 is 0 Å². The highest BCUT2D eigenvalue weighted by atomic mass is 16.6. The third-order valence-corrected chi connectivity index (χ3v) is 2.27. The van der Waals surface area contributed by atoms with E-state index in [0.29, 0.717) is 0 Å². The van der Waals surface area contributed by atoms with Crippen LogP contribution in [0.3, 0.4) is 0 Å². The van der Waals surface area contributed by atoms with Crippen LogP contribution in [-0.2, 0) is 0 Å². The molecule has 0 aliphatic rings. The fraction of sp³-hybridized carbons (Fsp3) is 0.364. The maximum Gasteiger partial charge on any atom is 0.282 e. The summed E-state index contributed by atoms with van der Waals surface area (Å²) in [4.78, 5) is 21.8. The van der Waals surface area contributed by atoms with Crippen molar-refractivity contribution in [2.24, 2.45) is 5.92 Å². The predicted molar refractivity (Wildman–Crippen MR) is 61.7 cm³/mol. The summed E-state index contributed by atoms with van der Waals surface area (Å²) in [5.41, 5.74) is -0.190. The molecule has 0 heterocycles. The van der Waals surface area contributed by atoms with E-state index in [4.69, 9.17) is 5.11 Å². The van der Waals surface area contributed by atoms with Gasteiger partial charge in [0.2, 0.25) is 0 Å². The molecule has 0 saturated heterocycles. The lowest BCUT2D eigenvalue weighted by Crippen LogP contribution is -2.29. The molecule has 1 amide bonds. The number of nitrogens with one attached hydrogen (secondary N) is 1. The van der Waals surface area contributed by atoms with Crippen molar-refractivity contribution in [2.45, 2.75) is 6.92 Å². The number of aliphatic hydroxyl groups is 1. The number of amides is 1. The number of nitro groups is 1. The van der Waals surface area contributed by atoms with Gasteiger partial charge < -0.3 is 10.4 Å². The van der Waals surface area contributed by atoms with E-state index in [2.05, 4.69) is 5.32 Å². The van der Waals surface area contributed by atoms with Crippen molar-refractivity contribution < 1.29 is 14.8 Å². The highest BCUT2D eigenvalue weighted by Gasteiger charge is 2.18. The molecule has 92 valence electrons. The summed E-state index contributed by atoms with van der Waals surface area (Å²) in [7, 11) is 0. The Labute approximate surface area is 98.4 Å². The molecule has 1 aromatic carbocycles. The van der Waals surface area contributed by atoms with Crippen LogP contribution < -0.4 is 5.32 Å². The second kappa shape index (κ2) is 5.95. The summed E-state index contributed by atoms with van der Waals surface area (Å²) in [6, 6.07) is 5.75. The number of carbonyl (C=O) groups is 1. The summed E-state index contributed by atoms with van der Waals surface area (Å²) >= 11 is 0. The van der Waals surface area contributed by atoms with Gasteiger partial charge in [0.05, 0.1) is 4.92 Å². The Balaban J connectivity index is 2.78. The van der Waals surface area contributed by atoms with Gasteiger partial charge in [0.1, 0.15) is 5.56 Å². The summed E-state index contributed by atoms with van der Waals surface area (Å²) < 4.78 is 0. The van der Waals surface area contributed by atoms with Gasteiger partial charge in [-0.05, 0) is 12.0 Å². The molecule has 1 rings (SSSR count). The maximum atomic E-state index is 11.7. The van der Waals surface area contributed by atoms with Gasteiger partial charge in [-0.2, -0.15) is 0 Å². The molecule has 0 spiro atoms. The van der Waals surface area contributed by atoms with Gasteiger partial charge in [0, 0.05) is 19.2 Å². The zero-order valence-corrected chi connectivity index (χ0v) is 9.42. The first kappa shape index (κ1) is 13.1. The SMILES string of the molecule is CC(CO)CNC(=O)c1ccccc1[N+](=O)[O-]. The molecule has 6 nitrogen and oxygen atoms in total. The lowest BCUT2D eigenvalue weighted by atomic mass is 10.1. The van der Waals surface area contributed by atoms with Crippen LogP contribution in [0.25, 0.3) is 0 Å². The van der Waals surface area contributed by atoms with E-state index in [1.165, 1.54) is 18.2 Å². The Morgan fingerprint density at radius 2 is 2.18 bits per heavy atom. The Morgan fingerprint density at radius 3 is 2.76 bits per heavy atom. The monoisotopic (exact) mass is 238 g/mol. The van der Waals surface area contributed by atoms with E-state index >= 15 is 0 Å². The van der Waals surface area contributed by atoms with Crippen LogP contribution in [0.5, 0.6) is 0 Å². The van der Waals surface area contributed by atoms with Crippen LogP contribution in [0.15, 0.2) is 24.3 Å². The number of hydrogen-bond acceptors (Lipinski definition) is 4. The van der Waals surface area contributed by atoms with E-state index in [9.17, 15) is 14.9 Å². The second-order valence-corrected chi connectivity index (χ2v) is 3.77. The second-order valence-electron chi connectivity index (χ2n) is 3.77. The molecular weight excluding hydrogens is 224 g/mol. The smallest absolute Gasteiger partial charge is 0.282 e. The molecule has 1 aromatic rings. The van der Waals surface area contributed by atoms with Gasteiger partial charge in [-0.1, -0.05) is 19.1 Å². The van der Waals surface area contributed by atoms with Crippen LogP contribution in [0.4, 0.5) is 5.69 Å². The number of rotatable bonds is 5. The van der Waals surface area contributed by atoms with E-state index < -0.39 is 10.8 Å². The van der Waals surface area contributed by atoms with E-state index in [1.54, 1.807) is 13.0 Å². The molecule has 0 saturated carbocycles. The lowest BCUT2D eigenvalue weighted by Gasteiger charge is -2.09. The maximum absolute atomic E-state index is 11.7. The third-order valence-electron chi connectivity index (χ3n) is 2.27. The minimum atomic E-state index is -0.593. The topological polar surface area (TPSA) is 92.5 Å². The molecule has 0 aliphatic heterocycles. The highest BCUT2D eigenvalue weighted by molar-refractivity contribution is 5.98. The van der Waals surface area contributed by atoms with Crippen molar-refractivity contribution in [3.05, 3.63) is 39.9 Å².